The fourth-order valence-corrected chi connectivity index (χ4v) is 3.36. The third kappa shape index (κ3) is 8.35. The lowest BCUT2D eigenvalue weighted by Crippen LogP contribution is -2.34. The minimum absolute atomic E-state index is 0.359. The summed E-state index contributed by atoms with van der Waals surface area (Å²) in [6, 6.07) is 0. The molecule has 1 aliphatic heterocycles. The molecule has 2 unspecified atom stereocenters. The Kier molecular flexibility index (Phi) is 10.0. The van der Waals surface area contributed by atoms with Gasteiger partial charge in [-0.25, -0.2) is 0 Å². The summed E-state index contributed by atoms with van der Waals surface area (Å²) in [5, 5.41) is 13.8. The van der Waals surface area contributed by atoms with E-state index >= 15 is 0 Å². The van der Waals surface area contributed by atoms with Crippen LogP contribution in [-0.4, -0.2) is 48.5 Å². The summed E-state index contributed by atoms with van der Waals surface area (Å²) in [4.78, 5) is 0. The molecule has 0 aliphatic carbocycles. The second-order valence-corrected chi connectivity index (χ2v) is 6.49. The Morgan fingerprint density at radius 1 is 1.39 bits per heavy atom. The second-order valence-electron chi connectivity index (χ2n) is 5.08. The molecule has 1 heterocycles. The van der Waals surface area contributed by atoms with Crippen LogP contribution < -0.4 is 5.32 Å². The fourth-order valence-electron chi connectivity index (χ4n) is 2.13. The monoisotopic (exact) mass is 275 g/mol. The van der Waals surface area contributed by atoms with E-state index in [1.54, 1.807) is 0 Å². The smallest absolute Gasteiger partial charge is 0.0897 e. The molecule has 1 fully saturated rings. The molecule has 0 aromatic rings. The highest BCUT2D eigenvalue weighted by molar-refractivity contribution is 8.00. The average molecular weight is 275 g/mol. The van der Waals surface area contributed by atoms with Crippen LogP contribution >= 0.6 is 11.8 Å². The lowest BCUT2D eigenvalue weighted by molar-refractivity contribution is 0.0356. The van der Waals surface area contributed by atoms with Gasteiger partial charge in [-0.2, -0.15) is 11.8 Å². The SMILES string of the molecule is CCCCCCOCC(O)CNCC1CCCS1. The summed E-state index contributed by atoms with van der Waals surface area (Å²) in [5.41, 5.74) is 0. The van der Waals surface area contributed by atoms with Crippen molar-refractivity contribution in [3.63, 3.8) is 0 Å². The van der Waals surface area contributed by atoms with Crippen LogP contribution in [0.15, 0.2) is 0 Å². The van der Waals surface area contributed by atoms with E-state index < -0.39 is 0 Å². The predicted molar refractivity (Wildman–Crippen MR) is 79.3 cm³/mol. The van der Waals surface area contributed by atoms with Crippen molar-refractivity contribution in [2.24, 2.45) is 0 Å². The molecule has 18 heavy (non-hydrogen) atoms. The highest BCUT2D eigenvalue weighted by atomic mass is 32.2. The lowest BCUT2D eigenvalue weighted by Gasteiger charge is -2.14. The number of aliphatic hydroxyl groups is 1. The standard InChI is InChI=1S/C14H29NO2S/c1-2-3-4-5-8-17-12-13(16)10-15-11-14-7-6-9-18-14/h13-16H,2-12H2,1H3. The summed E-state index contributed by atoms with van der Waals surface area (Å²) in [5.74, 6) is 1.30. The largest absolute Gasteiger partial charge is 0.389 e. The fraction of sp³-hybridized carbons (Fsp3) is 1.00. The van der Waals surface area contributed by atoms with Gasteiger partial charge in [0.25, 0.3) is 0 Å². The topological polar surface area (TPSA) is 41.5 Å². The van der Waals surface area contributed by atoms with E-state index in [2.05, 4.69) is 12.2 Å². The number of thioether (sulfide) groups is 1. The van der Waals surface area contributed by atoms with Crippen molar-refractivity contribution >= 4 is 11.8 Å². The highest BCUT2D eigenvalue weighted by Crippen LogP contribution is 2.25. The van der Waals surface area contributed by atoms with Crippen LogP contribution in [0.5, 0.6) is 0 Å². The highest BCUT2D eigenvalue weighted by Gasteiger charge is 2.15. The van der Waals surface area contributed by atoms with E-state index in [9.17, 15) is 5.11 Å². The zero-order valence-electron chi connectivity index (χ0n) is 11.7. The molecule has 0 saturated carbocycles. The first-order valence-electron chi connectivity index (χ1n) is 7.41. The Labute approximate surface area is 116 Å². The van der Waals surface area contributed by atoms with Gasteiger partial charge in [-0.05, 0) is 25.0 Å². The van der Waals surface area contributed by atoms with Gasteiger partial charge in [0.05, 0.1) is 12.7 Å². The molecule has 1 saturated heterocycles. The van der Waals surface area contributed by atoms with Gasteiger partial charge in [-0.3, -0.25) is 0 Å². The van der Waals surface area contributed by atoms with Gasteiger partial charge in [-0.1, -0.05) is 26.2 Å². The molecule has 108 valence electrons. The van der Waals surface area contributed by atoms with Crippen LogP contribution in [0.2, 0.25) is 0 Å². The number of hydrogen-bond donors (Lipinski definition) is 2. The Morgan fingerprint density at radius 2 is 2.28 bits per heavy atom. The molecule has 3 nitrogen and oxygen atoms in total. The van der Waals surface area contributed by atoms with Crippen LogP contribution in [-0.2, 0) is 4.74 Å². The lowest BCUT2D eigenvalue weighted by atomic mass is 10.2. The van der Waals surface area contributed by atoms with E-state index in [0.29, 0.717) is 13.2 Å². The van der Waals surface area contributed by atoms with E-state index in [0.717, 1.165) is 24.8 Å². The van der Waals surface area contributed by atoms with Crippen LogP contribution in [0, 0.1) is 0 Å². The first kappa shape index (κ1) is 16.3. The third-order valence-corrected chi connectivity index (χ3v) is 4.63. The third-order valence-electron chi connectivity index (χ3n) is 3.23. The summed E-state index contributed by atoms with van der Waals surface area (Å²) < 4.78 is 5.47. The minimum Gasteiger partial charge on any atom is -0.389 e. The molecule has 4 heteroatoms. The molecule has 0 radical (unpaired) electrons. The van der Waals surface area contributed by atoms with Crippen molar-refractivity contribution in [1.29, 1.82) is 0 Å². The Balaban J connectivity index is 1.82. The van der Waals surface area contributed by atoms with Gasteiger partial charge < -0.3 is 15.2 Å². The zero-order valence-corrected chi connectivity index (χ0v) is 12.5. The Morgan fingerprint density at radius 3 is 3.00 bits per heavy atom. The van der Waals surface area contributed by atoms with Gasteiger partial charge in [0, 0.05) is 24.9 Å². The summed E-state index contributed by atoms with van der Waals surface area (Å²) in [6.45, 7) is 5.15. The molecule has 0 bridgehead atoms. The molecule has 1 aliphatic rings. The van der Waals surface area contributed by atoms with Crippen LogP contribution in [0.1, 0.15) is 45.4 Å². The van der Waals surface area contributed by atoms with Crippen molar-refractivity contribution in [2.45, 2.75) is 56.8 Å². The number of unbranched alkanes of at least 4 members (excludes halogenated alkanes) is 3. The van der Waals surface area contributed by atoms with Crippen molar-refractivity contribution in [3.8, 4) is 0 Å². The predicted octanol–water partition coefficient (Wildman–Crippen LogP) is 2.43. The van der Waals surface area contributed by atoms with E-state index in [1.165, 1.54) is 37.9 Å². The van der Waals surface area contributed by atoms with Crippen molar-refractivity contribution in [2.75, 3.05) is 32.1 Å². The molecule has 0 aromatic carbocycles. The number of rotatable bonds is 11. The van der Waals surface area contributed by atoms with Crippen molar-refractivity contribution in [1.82, 2.24) is 5.32 Å². The maximum absolute atomic E-state index is 9.73. The maximum atomic E-state index is 9.73. The first-order chi connectivity index (χ1) is 8.83. The molecule has 1 rings (SSSR count). The van der Waals surface area contributed by atoms with Crippen LogP contribution in [0.4, 0.5) is 0 Å². The molecule has 0 amide bonds. The molecular weight excluding hydrogens is 246 g/mol. The van der Waals surface area contributed by atoms with Crippen molar-refractivity contribution < 1.29 is 9.84 Å². The quantitative estimate of drug-likeness (QED) is 0.568. The number of nitrogens with one attached hydrogen (secondary N) is 1. The maximum Gasteiger partial charge on any atom is 0.0897 e. The van der Waals surface area contributed by atoms with Crippen LogP contribution in [0.3, 0.4) is 0 Å². The number of ether oxygens (including phenoxy) is 1. The Hall–Kier alpha value is 0.230. The summed E-state index contributed by atoms with van der Waals surface area (Å²) in [6.07, 6.45) is 7.21. The zero-order chi connectivity index (χ0) is 13.1. The van der Waals surface area contributed by atoms with Crippen LogP contribution in [0.25, 0.3) is 0 Å². The van der Waals surface area contributed by atoms with Crippen molar-refractivity contribution in [3.05, 3.63) is 0 Å². The first-order valence-corrected chi connectivity index (χ1v) is 8.46. The van der Waals surface area contributed by atoms with Gasteiger partial charge in [0.1, 0.15) is 0 Å². The number of hydrogen-bond acceptors (Lipinski definition) is 4. The molecule has 0 spiro atoms. The van der Waals surface area contributed by atoms with Gasteiger partial charge in [0.15, 0.2) is 0 Å². The second kappa shape index (κ2) is 11.1. The average Bonchev–Trinajstić information content (AvgIpc) is 2.87. The summed E-state index contributed by atoms with van der Waals surface area (Å²) >= 11 is 2.05. The van der Waals surface area contributed by atoms with Gasteiger partial charge in [-0.15, -0.1) is 0 Å². The van der Waals surface area contributed by atoms with E-state index in [-0.39, 0.29) is 6.10 Å². The minimum atomic E-state index is -0.359. The molecular formula is C14H29NO2S. The molecule has 2 atom stereocenters. The summed E-state index contributed by atoms with van der Waals surface area (Å²) in [7, 11) is 0. The number of aliphatic hydroxyl groups excluding tert-OH is 1. The molecule has 2 N–H and O–H groups in total. The van der Waals surface area contributed by atoms with Gasteiger partial charge >= 0.3 is 0 Å². The van der Waals surface area contributed by atoms with Gasteiger partial charge in [0.2, 0.25) is 0 Å². The molecule has 0 aromatic heterocycles. The van der Waals surface area contributed by atoms with E-state index in [1.807, 2.05) is 11.8 Å². The van der Waals surface area contributed by atoms with E-state index in [4.69, 9.17) is 4.74 Å². The Bertz CT molecular complexity index is 187. The normalized spacial score (nSPS) is 21.3.